The van der Waals surface area contributed by atoms with Gasteiger partial charge in [-0.15, -0.1) is 0 Å². The number of hydrogen-bond acceptors (Lipinski definition) is 3. The van der Waals surface area contributed by atoms with Crippen molar-refractivity contribution in [3.8, 4) is 0 Å². The predicted molar refractivity (Wildman–Crippen MR) is 97.2 cm³/mol. The van der Waals surface area contributed by atoms with Gasteiger partial charge in [0.2, 0.25) is 5.91 Å². The first-order chi connectivity index (χ1) is 12.0. The molecule has 2 heterocycles. The lowest BCUT2D eigenvalue weighted by atomic mass is 9.86. The van der Waals surface area contributed by atoms with E-state index in [2.05, 4.69) is 13.8 Å². The molecule has 0 N–H and O–H groups in total. The summed E-state index contributed by atoms with van der Waals surface area (Å²) >= 11 is 0. The van der Waals surface area contributed by atoms with Gasteiger partial charge in [0.25, 0.3) is 5.91 Å². The fraction of sp³-hybridized carbons (Fsp3) is 0.900. The van der Waals surface area contributed by atoms with Gasteiger partial charge in [-0.3, -0.25) is 9.59 Å². The lowest BCUT2D eigenvalue weighted by molar-refractivity contribution is -0.175. The molecule has 2 amide bonds. The minimum Gasteiger partial charge on any atom is -0.361 e. The second-order valence-electron chi connectivity index (χ2n) is 8.42. The molecule has 5 heteroatoms. The van der Waals surface area contributed by atoms with Crippen molar-refractivity contribution in [2.75, 3.05) is 26.2 Å². The van der Waals surface area contributed by atoms with E-state index >= 15 is 0 Å². The molecule has 0 aromatic heterocycles. The largest absolute Gasteiger partial charge is 0.361 e. The standard InChI is InChI=1S/C20H34N2O3/c1-16(2)22-11-7-6-10-20(19(22)24)15-21(12-13-25-20)18(23)14-17-8-4-3-5-9-17/h16-17H,3-15H2,1-2H3. The van der Waals surface area contributed by atoms with Crippen molar-refractivity contribution in [2.45, 2.75) is 83.3 Å². The molecule has 3 fully saturated rings. The molecule has 1 saturated carbocycles. The first kappa shape index (κ1) is 18.7. The van der Waals surface area contributed by atoms with Crippen LogP contribution in [0.15, 0.2) is 0 Å². The fourth-order valence-electron chi connectivity index (χ4n) is 4.70. The SMILES string of the molecule is CC(C)N1CCCCC2(CN(C(=O)CC3CCCCC3)CCO2)C1=O. The molecule has 5 nitrogen and oxygen atoms in total. The summed E-state index contributed by atoms with van der Waals surface area (Å²) in [7, 11) is 0. The monoisotopic (exact) mass is 350 g/mol. The Morgan fingerprint density at radius 1 is 1.16 bits per heavy atom. The number of ether oxygens (including phenoxy) is 1. The van der Waals surface area contributed by atoms with Crippen molar-refractivity contribution in [3.63, 3.8) is 0 Å². The molecular weight excluding hydrogens is 316 g/mol. The van der Waals surface area contributed by atoms with Crippen molar-refractivity contribution in [3.05, 3.63) is 0 Å². The zero-order chi connectivity index (χ0) is 17.9. The minimum atomic E-state index is -0.804. The van der Waals surface area contributed by atoms with E-state index < -0.39 is 5.60 Å². The quantitative estimate of drug-likeness (QED) is 0.786. The van der Waals surface area contributed by atoms with Gasteiger partial charge in [0.05, 0.1) is 13.2 Å². The summed E-state index contributed by atoms with van der Waals surface area (Å²) in [6.07, 6.45) is 9.58. The molecule has 0 bridgehead atoms. The number of carbonyl (C=O) groups is 2. The van der Waals surface area contributed by atoms with Crippen LogP contribution in [-0.2, 0) is 14.3 Å². The van der Waals surface area contributed by atoms with E-state index in [1.807, 2.05) is 9.80 Å². The van der Waals surface area contributed by atoms with E-state index in [0.717, 1.165) is 25.8 Å². The van der Waals surface area contributed by atoms with Crippen molar-refractivity contribution in [2.24, 2.45) is 5.92 Å². The van der Waals surface area contributed by atoms with Gasteiger partial charge < -0.3 is 14.5 Å². The lowest BCUT2D eigenvalue weighted by Crippen LogP contribution is -2.61. The van der Waals surface area contributed by atoms with Gasteiger partial charge in [-0.2, -0.15) is 0 Å². The summed E-state index contributed by atoms with van der Waals surface area (Å²) in [5.74, 6) is 0.856. The van der Waals surface area contributed by atoms with E-state index in [4.69, 9.17) is 4.74 Å². The van der Waals surface area contributed by atoms with Gasteiger partial charge in [0.15, 0.2) is 5.60 Å². The van der Waals surface area contributed by atoms with Crippen LogP contribution < -0.4 is 0 Å². The van der Waals surface area contributed by atoms with Crippen LogP contribution in [0.1, 0.15) is 71.6 Å². The first-order valence-corrected chi connectivity index (χ1v) is 10.2. The lowest BCUT2D eigenvalue weighted by Gasteiger charge is -2.43. The van der Waals surface area contributed by atoms with Gasteiger partial charge in [0, 0.05) is 25.6 Å². The number of rotatable bonds is 3. The highest BCUT2D eigenvalue weighted by Crippen LogP contribution is 2.32. The average Bonchev–Trinajstić information content (AvgIpc) is 2.76. The average molecular weight is 351 g/mol. The predicted octanol–water partition coefficient (Wildman–Crippen LogP) is 2.98. The number of amides is 2. The molecule has 3 aliphatic rings. The number of nitrogens with zero attached hydrogens (tertiary/aromatic N) is 2. The Hall–Kier alpha value is -1.10. The van der Waals surface area contributed by atoms with Gasteiger partial charge in [-0.1, -0.05) is 19.3 Å². The van der Waals surface area contributed by atoms with E-state index in [1.54, 1.807) is 0 Å². The molecule has 1 atom stereocenters. The van der Waals surface area contributed by atoms with Crippen LogP contribution in [0, 0.1) is 5.92 Å². The molecule has 0 aromatic rings. The molecule has 1 unspecified atom stereocenters. The zero-order valence-electron chi connectivity index (χ0n) is 16.0. The van der Waals surface area contributed by atoms with E-state index in [1.165, 1.54) is 32.1 Å². The summed E-state index contributed by atoms with van der Waals surface area (Å²) in [4.78, 5) is 29.9. The van der Waals surface area contributed by atoms with Crippen LogP contribution >= 0.6 is 0 Å². The third-order valence-electron chi connectivity index (χ3n) is 6.23. The van der Waals surface area contributed by atoms with Crippen LogP contribution in [0.3, 0.4) is 0 Å². The fourth-order valence-corrected chi connectivity index (χ4v) is 4.70. The summed E-state index contributed by atoms with van der Waals surface area (Å²) < 4.78 is 6.06. The molecule has 0 aromatic carbocycles. The summed E-state index contributed by atoms with van der Waals surface area (Å²) in [5.41, 5.74) is -0.804. The zero-order valence-corrected chi connectivity index (χ0v) is 16.0. The molecule has 0 radical (unpaired) electrons. The van der Waals surface area contributed by atoms with Gasteiger partial charge >= 0.3 is 0 Å². The Labute approximate surface area is 152 Å². The van der Waals surface area contributed by atoms with Crippen LogP contribution in [0.4, 0.5) is 0 Å². The Morgan fingerprint density at radius 3 is 2.64 bits per heavy atom. The van der Waals surface area contributed by atoms with Crippen LogP contribution in [0.2, 0.25) is 0 Å². The normalized spacial score (nSPS) is 29.3. The highest BCUT2D eigenvalue weighted by molar-refractivity contribution is 5.87. The smallest absolute Gasteiger partial charge is 0.256 e. The Kier molecular flexibility index (Phi) is 6.03. The summed E-state index contributed by atoms with van der Waals surface area (Å²) in [6.45, 7) is 6.48. The highest BCUT2D eigenvalue weighted by Gasteiger charge is 2.48. The van der Waals surface area contributed by atoms with E-state index in [-0.39, 0.29) is 17.9 Å². The minimum absolute atomic E-state index is 0.0927. The second kappa shape index (κ2) is 8.07. The molecule has 2 saturated heterocycles. The van der Waals surface area contributed by atoms with Crippen molar-refractivity contribution >= 4 is 11.8 Å². The van der Waals surface area contributed by atoms with Crippen LogP contribution in [-0.4, -0.2) is 59.5 Å². The molecule has 2 aliphatic heterocycles. The highest BCUT2D eigenvalue weighted by atomic mass is 16.5. The maximum atomic E-state index is 13.2. The number of likely N-dealkylation sites (tertiary alicyclic amines) is 1. The summed E-state index contributed by atoms with van der Waals surface area (Å²) in [6, 6.07) is 0.180. The Bertz CT molecular complexity index is 487. The van der Waals surface area contributed by atoms with Crippen molar-refractivity contribution in [1.82, 2.24) is 9.80 Å². The number of carbonyl (C=O) groups excluding carboxylic acids is 2. The molecular formula is C20H34N2O3. The molecule has 142 valence electrons. The topological polar surface area (TPSA) is 49.9 Å². The first-order valence-electron chi connectivity index (χ1n) is 10.2. The molecule has 3 rings (SSSR count). The Balaban J connectivity index is 1.68. The molecule has 25 heavy (non-hydrogen) atoms. The maximum Gasteiger partial charge on any atom is 0.256 e. The van der Waals surface area contributed by atoms with Crippen LogP contribution in [0.5, 0.6) is 0 Å². The van der Waals surface area contributed by atoms with Crippen molar-refractivity contribution in [1.29, 1.82) is 0 Å². The maximum absolute atomic E-state index is 13.2. The van der Waals surface area contributed by atoms with Crippen molar-refractivity contribution < 1.29 is 14.3 Å². The third kappa shape index (κ3) is 4.18. The van der Waals surface area contributed by atoms with Gasteiger partial charge in [-0.25, -0.2) is 0 Å². The molecule has 1 aliphatic carbocycles. The van der Waals surface area contributed by atoms with E-state index in [9.17, 15) is 9.59 Å². The van der Waals surface area contributed by atoms with Gasteiger partial charge in [-0.05, 0) is 51.9 Å². The summed E-state index contributed by atoms with van der Waals surface area (Å²) in [5, 5.41) is 0. The van der Waals surface area contributed by atoms with E-state index in [0.29, 0.717) is 32.0 Å². The molecule has 1 spiro atoms. The third-order valence-corrected chi connectivity index (χ3v) is 6.23. The number of morpholine rings is 1. The number of hydrogen-bond donors (Lipinski definition) is 0. The van der Waals surface area contributed by atoms with Crippen LogP contribution in [0.25, 0.3) is 0 Å². The second-order valence-corrected chi connectivity index (χ2v) is 8.42. The van der Waals surface area contributed by atoms with Gasteiger partial charge in [0.1, 0.15) is 0 Å². The Morgan fingerprint density at radius 2 is 1.92 bits per heavy atom.